The van der Waals surface area contributed by atoms with Crippen LogP contribution in [-0.4, -0.2) is 18.0 Å². The lowest BCUT2D eigenvalue weighted by Gasteiger charge is -2.11. The van der Waals surface area contributed by atoms with Gasteiger partial charge in [-0.3, -0.25) is 0 Å². The fourth-order valence-corrected chi connectivity index (χ4v) is 1.39. The van der Waals surface area contributed by atoms with Gasteiger partial charge in [-0.25, -0.2) is 4.79 Å². The van der Waals surface area contributed by atoms with Crippen molar-refractivity contribution in [3.63, 3.8) is 0 Å². The van der Waals surface area contributed by atoms with Gasteiger partial charge in [-0.15, -0.1) is 0 Å². The fraction of sp³-hybridized carbons (Fsp3) is 0.286. The van der Waals surface area contributed by atoms with E-state index in [0.29, 0.717) is 6.54 Å². The molecule has 0 aliphatic carbocycles. The van der Waals surface area contributed by atoms with E-state index in [1.165, 1.54) is 4.90 Å². The Labute approximate surface area is 69.4 Å². The fourth-order valence-electron chi connectivity index (χ4n) is 0.734. The summed E-state index contributed by atoms with van der Waals surface area (Å²) in [4.78, 5) is 12.1. The average Bonchev–Trinajstić information content (AvgIpc) is 2.39. The van der Waals surface area contributed by atoms with E-state index in [2.05, 4.69) is 0 Å². The molecule has 2 N–H and O–H groups in total. The predicted octanol–water partition coefficient (Wildman–Crippen LogP) is 1.26. The number of carbonyl (C=O) groups is 1. The maximum absolute atomic E-state index is 10.6. The molecule has 0 atom stereocenters. The molecule has 11 heavy (non-hydrogen) atoms. The van der Waals surface area contributed by atoms with Crippen LogP contribution in [0.1, 0.15) is 5.56 Å². The first-order valence-electron chi connectivity index (χ1n) is 3.22. The maximum Gasteiger partial charge on any atom is 0.314 e. The summed E-state index contributed by atoms with van der Waals surface area (Å²) in [5.74, 6) is 0. The smallest absolute Gasteiger partial charge is 0.314 e. The van der Waals surface area contributed by atoms with Crippen LogP contribution in [0, 0.1) is 0 Å². The van der Waals surface area contributed by atoms with Crippen molar-refractivity contribution in [2.45, 2.75) is 6.54 Å². The van der Waals surface area contributed by atoms with Crippen LogP contribution in [0.2, 0.25) is 0 Å². The molecule has 0 aliphatic heterocycles. The second kappa shape index (κ2) is 3.39. The molecule has 60 valence electrons. The maximum atomic E-state index is 10.6. The van der Waals surface area contributed by atoms with Crippen molar-refractivity contribution in [1.29, 1.82) is 0 Å². The number of urea groups is 1. The largest absolute Gasteiger partial charge is 0.351 e. The molecule has 3 nitrogen and oxygen atoms in total. The quantitative estimate of drug-likeness (QED) is 0.713. The van der Waals surface area contributed by atoms with Gasteiger partial charge in [-0.1, -0.05) is 0 Å². The number of hydrogen-bond acceptors (Lipinski definition) is 2. The van der Waals surface area contributed by atoms with Crippen LogP contribution in [-0.2, 0) is 6.54 Å². The number of amides is 2. The molecule has 0 fully saturated rings. The molecule has 0 aliphatic rings. The monoisotopic (exact) mass is 170 g/mol. The zero-order valence-electron chi connectivity index (χ0n) is 6.28. The zero-order chi connectivity index (χ0) is 8.27. The highest BCUT2D eigenvalue weighted by Gasteiger charge is 2.02. The second-order valence-electron chi connectivity index (χ2n) is 2.33. The van der Waals surface area contributed by atoms with Gasteiger partial charge in [0.05, 0.1) is 0 Å². The normalized spacial score (nSPS) is 9.55. The van der Waals surface area contributed by atoms with Gasteiger partial charge >= 0.3 is 6.03 Å². The van der Waals surface area contributed by atoms with Gasteiger partial charge in [-0.2, -0.15) is 11.3 Å². The molecule has 0 bridgehead atoms. The van der Waals surface area contributed by atoms with E-state index >= 15 is 0 Å². The highest BCUT2D eigenvalue weighted by Crippen LogP contribution is 2.07. The number of rotatable bonds is 2. The van der Waals surface area contributed by atoms with Crippen molar-refractivity contribution < 1.29 is 4.79 Å². The number of hydrogen-bond donors (Lipinski definition) is 1. The topological polar surface area (TPSA) is 46.3 Å². The SMILES string of the molecule is CN(Cc1ccsc1)C(N)=O. The van der Waals surface area contributed by atoms with Crippen LogP contribution >= 0.6 is 11.3 Å². The molecule has 4 heteroatoms. The standard InChI is InChI=1S/C7H10N2OS/c1-9(7(8)10)4-6-2-3-11-5-6/h2-3,5H,4H2,1H3,(H2,8,10). The Morgan fingerprint density at radius 1 is 1.82 bits per heavy atom. The lowest BCUT2D eigenvalue weighted by molar-refractivity contribution is 0.216. The Balaban J connectivity index is 2.50. The number of nitrogens with two attached hydrogens (primary N) is 1. The van der Waals surface area contributed by atoms with Crippen molar-refractivity contribution in [3.8, 4) is 0 Å². The molecule has 2 amide bonds. The minimum atomic E-state index is -0.392. The molecular formula is C7H10N2OS. The zero-order valence-corrected chi connectivity index (χ0v) is 7.10. The van der Waals surface area contributed by atoms with Crippen molar-refractivity contribution in [1.82, 2.24) is 4.90 Å². The molecule has 1 heterocycles. The van der Waals surface area contributed by atoms with E-state index in [1.807, 2.05) is 16.8 Å². The third kappa shape index (κ3) is 2.23. The van der Waals surface area contributed by atoms with E-state index in [0.717, 1.165) is 5.56 Å². The van der Waals surface area contributed by atoms with E-state index in [-0.39, 0.29) is 0 Å². The van der Waals surface area contributed by atoms with Crippen LogP contribution in [0.25, 0.3) is 0 Å². The summed E-state index contributed by atoms with van der Waals surface area (Å²) in [5.41, 5.74) is 6.16. The molecule has 0 spiro atoms. The Morgan fingerprint density at radius 2 is 2.55 bits per heavy atom. The van der Waals surface area contributed by atoms with Crippen LogP contribution in [0.5, 0.6) is 0 Å². The van der Waals surface area contributed by atoms with Gasteiger partial charge in [0, 0.05) is 13.6 Å². The summed E-state index contributed by atoms with van der Waals surface area (Å²) in [6.45, 7) is 0.596. The highest BCUT2D eigenvalue weighted by atomic mass is 32.1. The van der Waals surface area contributed by atoms with Gasteiger partial charge in [0.2, 0.25) is 0 Å². The third-order valence-corrected chi connectivity index (χ3v) is 2.11. The van der Waals surface area contributed by atoms with Gasteiger partial charge in [0.1, 0.15) is 0 Å². The minimum Gasteiger partial charge on any atom is -0.351 e. The molecule has 1 aromatic heterocycles. The van der Waals surface area contributed by atoms with Crippen molar-refractivity contribution in [2.75, 3.05) is 7.05 Å². The minimum absolute atomic E-state index is 0.392. The third-order valence-electron chi connectivity index (χ3n) is 1.38. The number of carbonyl (C=O) groups excluding carboxylic acids is 1. The van der Waals surface area contributed by atoms with Gasteiger partial charge in [-0.05, 0) is 22.4 Å². The molecule has 0 unspecified atom stereocenters. The lowest BCUT2D eigenvalue weighted by atomic mass is 10.3. The number of primary amides is 1. The number of thiophene rings is 1. The van der Waals surface area contributed by atoms with E-state index in [1.54, 1.807) is 18.4 Å². The Morgan fingerprint density at radius 3 is 3.00 bits per heavy atom. The summed E-state index contributed by atoms with van der Waals surface area (Å²) in [6.07, 6.45) is 0. The summed E-state index contributed by atoms with van der Waals surface area (Å²) >= 11 is 1.61. The Kier molecular flexibility index (Phi) is 2.48. The highest BCUT2D eigenvalue weighted by molar-refractivity contribution is 7.07. The molecule has 1 rings (SSSR count). The lowest BCUT2D eigenvalue weighted by Crippen LogP contribution is -2.31. The van der Waals surface area contributed by atoms with Crippen molar-refractivity contribution >= 4 is 17.4 Å². The average molecular weight is 170 g/mol. The Hall–Kier alpha value is -1.03. The van der Waals surface area contributed by atoms with Gasteiger partial charge in [0.15, 0.2) is 0 Å². The molecule has 0 radical (unpaired) electrons. The molecular weight excluding hydrogens is 160 g/mol. The van der Waals surface area contributed by atoms with Crippen LogP contribution in [0.4, 0.5) is 4.79 Å². The van der Waals surface area contributed by atoms with E-state index < -0.39 is 6.03 Å². The molecule has 0 saturated carbocycles. The summed E-state index contributed by atoms with van der Waals surface area (Å²) in [5, 5.41) is 3.98. The van der Waals surface area contributed by atoms with Crippen molar-refractivity contribution in [3.05, 3.63) is 22.4 Å². The summed E-state index contributed by atoms with van der Waals surface area (Å²) in [6, 6.07) is 1.58. The van der Waals surface area contributed by atoms with E-state index in [9.17, 15) is 4.79 Å². The first kappa shape index (κ1) is 8.07. The first-order valence-corrected chi connectivity index (χ1v) is 4.16. The number of nitrogens with zero attached hydrogens (tertiary/aromatic N) is 1. The van der Waals surface area contributed by atoms with Crippen molar-refractivity contribution in [2.24, 2.45) is 5.73 Å². The van der Waals surface area contributed by atoms with Crippen LogP contribution < -0.4 is 5.73 Å². The second-order valence-corrected chi connectivity index (χ2v) is 3.11. The first-order chi connectivity index (χ1) is 5.20. The van der Waals surface area contributed by atoms with Gasteiger partial charge in [0.25, 0.3) is 0 Å². The molecule has 0 saturated heterocycles. The summed E-state index contributed by atoms with van der Waals surface area (Å²) in [7, 11) is 1.68. The molecule has 0 aromatic carbocycles. The predicted molar refractivity (Wildman–Crippen MR) is 45.4 cm³/mol. The molecule has 1 aromatic rings. The van der Waals surface area contributed by atoms with Crippen LogP contribution in [0.3, 0.4) is 0 Å². The van der Waals surface area contributed by atoms with Gasteiger partial charge < -0.3 is 10.6 Å². The summed E-state index contributed by atoms with van der Waals surface area (Å²) < 4.78 is 0. The Bertz CT molecular complexity index is 233. The van der Waals surface area contributed by atoms with Crippen LogP contribution in [0.15, 0.2) is 16.8 Å². The van der Waals surface area contributed by atoms with E-state index in [4.69, 9.17) is 5.73 Å².